The van der Waals surface area contributed by atoms with Gasteiger partial charge in [-0.3, -0.25) is 0 Å². The van der Waals surface area contributed by atoms with Crippen molar-refractivity contribution in [2.75, 3.05) is 0 Å². The molecule has 13 heavy (non-hydrogen) atoms. The molecule has 0 aliphatic carbocycles. The molecule has 1 atom stereocenters. The zero-order valence-corrected chi connectivity index (χ0v) is 9.39. The molecule has 0 fully saturated rings. The molecule has 0 aromatic heterocycles. The number of unbranched alkanes of at least 4 members (excludes halogenated alkanes) is 4. The lowest BCUT2D eigenvalue weighted by Gasteiger charge is -2.17. The van der Waals surface area contributed by atoms with Gasteiger partial charge in [0.25, 0.3) is 0 Å². The fourth-order valence-electron chi connectivity index (χ4n) is 1.59. The Labute approximate surface area is 83.2 Å². The number of rotatable bonds is 6. The first-order valence-corrected chi connectivity index (χ1v) is 6.25. The molecule has 1 nitrogen and oxygen atoms in total. The van der Waals surface area contributed by atoms with Crippen LogP contribution in [0.15, 0.2) is 12.2 Å². The standard InChI is InChI=1S/C11H20NP/c1-2-3-4-5-6-8-11(12)9-7-10-13-11/h7,9-10H,2-6,8,12H2,1H3. The Hall–Kier alpha value is -0.130. The number of allylic oxidation sites excluding steroid dienone is 1. The third-order valence-corrected chi connectivity index (χ3v) is 3.64. The molecule has 0 saturated heterocycles. The van der Waals surface area contributed by atoms with E-state index in [1.54, 1.807) is 0 Å². The van der Waals surface area contributed by atoms with Crippen molar-refractivity contribution in [2.45, 2.75) is 50.7 Å². The fraction of sp³-hybridized carbons (Fsp3) is 0.727. The van der Waals surface area contributed by atoms with E-state index in [1.165, 1.54) is 40.3 Å². The molecule has 1 aliphatic rings. The second-order valence-electron chi connectivity index (χ2n) is 3.79. The average molecular weight is 197 g/mol. The molecule has 0 radical (unpaired) electrons. The lowest BCUT2D eigenvalue weighted by Crippen LogP contribution is -2.29. The van der Waals surface area contributed by atoms with Gasteiger partial charge in [-0.05, 0) is 12.2 Å². The summed E-state index contributed by atoms with van der Waals surface area (Å²) in [5, 5.41) is -0.0216. The molecule has 1 rings (SSSR count). The quantitative estimate of drug-likeness (QED) is 0.513. The predicted octanol–water partition coefficient (Wildman–Crippen LogP) is 3.32. The van der Waals surface area contributed by atoms with Crippen molar-refractivity contribution in [2.24, 2.45) is 5.73 Å². The van der Waals surface area contributed by atoms with E-state index in [0.29, 0.717) is 0 Å². The molecule has 0 amide bonds. The van der Waals surface area contributed by atoms with E-state index in [0.717, 1.165) is 6.42 Å². The Morgan fingerprint density at radius 2 is 2.00 bits per heavy atom. The second kappa shape index (κ2) is 5.57. The SMILES string of the molecule is CCCCCCCC1(N)C=CC=P1. The Balaban J connectivity index is 2.05. The maximum atomic E-state index is 6.14. The number of hydrogen-bond acceptors (Lipinski definition) is 1. The minimum atomic E-state index is -0.0216. The van der Waals surface area contributed by atoms with E-state index in [1.807, 2.05) is 0 Å². The predicted molar refractivity (Wildman–Crippen MR) is 62.4 cm³/mol. The molecular weight excluding hydrogens is 177 g/mol. The molecule has 0 aromatic rings. The third-order valence-electron chi connectivity index (χ3n) is 2.47. The highest BCUT2D eigenvalue weighted by Crippen LogP contribution is 2.29. The molecule has 1 heterocycles. The van der Waals surface area contributed by atoms with Crippen molar-refractivity contribution >= 4 is 14.0 Å². The summed E-state index contributed by atoms with van der Waals surface area (Å²) >= 11 is 0. The van der Waals surface area contributed by atoms with Gasteiger partial charge in [-0.2, -0.15) is 0 Å². The summed E-state index contributed by atoms with van der Waals surface area (Å²) < 4.78 is 0. The summed E-state index contributed by atoms with van der Waals surface area (Å²) in [6.07, 6.45) is 12.1. The van der Waals surface area contributed by atoms with E-state index >= 15 is 0 Å². The summed E-state index contributed by atoms with van der Waals surface area (Å²) in [6.45, 7) is 2.25. The molecule has 0 aromatic carbocycles. The summed E-state index contributed by atoms with van der Waals surface area (Å²) in [5.41, 5.74) is 6.14. The first kappa shape index (κ1) is 10.9. The largest absolute Gasteiger partial charge is 0.315 e. The third kappa shape index (κ3) is 4.06. The summed E-state index contributed by atoms with van der Waals surface area (Å²) in [5.74, 6) is 2.14. The lowest BCUT2D eigenvalue weighted by molar-refractivity contribution is 0.563. The van der Waals surface area contributed by atoms with Crippen LogP contribution in [0, 0.1) is 0 Å². The molecule has 0 bridgehead atoms. The highest BCUT2D eigenvalue weighted by atomic mass is 31.1. The minimum absolute atomic E-state index is 0.0216. The highest BCUT2D eigenvalue weighted by molar-refractivity contribution is 7.41. The van der Waals surface area contributed by atoms with Crippen LogP contribution in [0.5, 0.6) is 0 Å². The maximum Gasteiger partial charge on any atom is 0.0767 e. The van der Waals surface area contributed by atoms with Crippen LogP contribution in [0.3, 0.4) is 0 Å². The van der Waals surface area contributed by atoms with Crippen LogP contribution in [0.2, 0.25) is 0 Å². The van der Waals surface area contributed by atoms with E-state index in [9.17, 15) is 0 Å². The Kier molecular flexibility index (Phi) is 4.69. The van der Waals surface area contributed by atoms with Gasteiger partial charge < -0.3 is 5.73 Å². The zero-order chi connectivity index (χ0) is 9.57. The van der Waals surface area contributed by atoms with Crippen molar-refractivity contribution in [3.63, 3.8) is 0 Å². The Morgan fingerprint density at radius 3 is 2.62 bits per heavy atom. The van der Waals surface area contributed by atoms with E-state index < -0.39 is 0 Å². The van der Waals surface area contributed by atoms with E-state index in [2.05, 4.69) is 24.9 Å². The Morgan fingerprint density at radius 1 is 1.23 bits per heavy atom. The van der Waals surface area contributed by atoms with Crippen LogP contribution in [-0.4, -0.2) is 11.1 Å². The highest BCUT2D eigenvalue weighted by Gasteiger charge is 2.19. The molecule has 2 heteroatoms. The van der Waals surface area contributed by atoms with Crippen LogP contribution in [0.4, 0.5) is 0 Å². The van der Waals surface area contributed by atoms with Crippen LogP contribution >= 0.6 is 8.20 Å². The monoisotopic (exact) mass is 197 g/mol. The van der Waals surface area contributed by atoms with E-state index in [-0.39, 0.29) is 5.28 Å². The van der Waals surface area contributed by atoms with Gasteiger partial charge in [0.1, 0.15) is 0 Å². The van der Waals surface area contributed by atoms with Crippen LogP contribution in [0.1, 0.15) is 45.4 Å². The first-order chi connectivity index (χ1) is 6.27. The molecule has 1 aliphatic heterocycles. The number of nitrogens with two attached hydrogens (primary N) is 1. The Bertz CT molecular complexity index is 184. The second-order valence-corrected chi connectivity index (χ2v) is 5.18. The van der Waals surface area contributed by atoms with Crippen molar-refractivity contribution in [3.8, 4) is 0 Å². The average Bonchev–Trinajstić information content (AvgIpc) is 2.53. The molecule has 0 spiro atoms. The van der Waals surface area contributed by atoms with Crippen LogP contribution in [0.25, 0.3) is 0 Å². The molecule has 0 saturated carbocycles. The van der Waals surface area contributed by atoms with Crippen molar-refractivity contribution < 1.29 is 0 Å². The summed E-state index contributed by atoms with van der Waals surface area (Å²) in [4.78, 5) is 0. The van der Waals surface area contributed by atoms with Crippen molar-refractivity contribution in [1.82, 2.24) is 0 Å². The smallest absolute Gasteiger partial charge is 0.0767 e. The zero-order valence-electron chi connectivity index (χ0n) is 8.50. The van der Waals surface area contributed by atoms with Gasteiger partial charge >= 0.3 is 0 Å². The van der Waals surface area contributed by atoms with Gasteiger partial charge in [0.15, 0.2) is 0 Å². The maximum absolute atomic E-state index is 6.14. The summed E-state index contributed by atoms with van der Waals surface area (Å²) in [6, 6.07) is 0. The van der Waals surface area contributed by atoms with Crippen molar-refractivity contribution in [1.29, 1.82) is 0 Å². The normalized spacial score (nSPS) is 26.9. The molecular formula is C11H20NP. The lowest BCUT2D eigenvalue weighted by atomic mass is 10.1. The fourth-order valence-corrected chi connectivity index (χ4v) is 2.50. The van der Waals surface area contributed by atoms with Crippen LogP contribution < -0.4 is 5.73 Å². The van der Waals surface area contributed by atoms with Gasteiger partial charge in [-0.15, -0.1) is 0 Å². The van der Waals surface area contributed by atoms with Crippen LogP contribution in [-0.2, 0) is 0 Å². The molecule has 1 unspecified atom stereocenters. The van der Waals surface area contributed by atoms with Gasteiger partial charge in [-0.1, -0.05) is 59.4 Å². The number of hydrogen-bond donors (Lipinski definition) is 1. The topological polar surface area (TPSA) is 26.0 Å². The van der Waals surface area contributed by atoms with Gasteiger partial charge in [-0.25, -0.2) is 0 Å². The first-order valence-electron chi connectivity index (χ1n) is 5.29. The van der Waals surface area contributed by atoms with Gasteiger partial charge in [0.05, 0.1) is 5.28 Å². The van der Waals surface area contributed by atoms with Crippen molar-refractivity contribution in [3.05, 3.63) is 12.2 Å². The van der Waals surface area contributed by atoms with E-state index in [4.69, 9.17) is 5.73 Å². The van der Waals surface area contributed by atoms with Gasteiger partial charge in [0, 0.05) is 0 Å². The molecule has 74 valence electrons. The van der Waals surface area contributed by atoms with Gasteiger partial charge in [0.2, 0.25) is 0 Å². The molecule has 2 N–H and O–H groups in total. The minimum Gasteiger partial charge on any atom is -0.315 e. The summed E-state index contributed by atoms with van der Waals surface area (Å²) in [7, 11) is 1.28.